The maximum absolute atomic E-state index is 13.4. The van der Waals surface area contributed by atoms with E-state index in [4.69, 9.17) is 0 Å². The number of aliphatic imine (C=N–C) groups is 1. The van der Waals surface area contributed by atoms with Crippen molar-refractivity contribution in [1.82, 2.24) is 10.6 Å². The third-order valence-corrected chi connectivity index (χ3v) is 5.29. The Bertz CT molecular complexity index is 881. The average molecular weight is 524 g/mol. The van der Waals surface area contributed by atoms with Gasteiger partial charge in [-0.1, -0.05) is 37.1 Å². The van der Waals surface area contributed by atoms with Crippen molar-refractivity contribution in [2.45, 2.75) is 45.7 Å². The van der Waals surface area contributed by atoms with Gasteiger partial charge in [0.15, 0.2) is 5.96 Å². The zero-order chi connectivity index (χ0) is 20.6. The topological polar surface area (TPSA) is 65.5 Å². The summed E-state index contributed by atoms with van der Waals surface area (Å²) in [5.74, 6) is 0.734. The maximum atomic E-state index is 13.4. The Balaban J connectivity index is 0.00000320. The van der Waals surface area contributed by atoms with Crippen LogP contribution in [0.4, 0.5) is 10.1 Å². The molecular weight excluding hydrogens is 494 g/mol. The number of nitrogens with zero attached hydrogens (tertiary/aromatic N) is 1. The number of rotatable bonds is 6. The number of aryl methyl sites for hydroxylation is 1. The predicted octanol–water partition coefficient (Wildman–Crippen LogP) is 4.75. The number of halogens is 2. The van der Waals surface area contributed by atoms with Crippen LogP contribution >= 0.6 is 24.0 Å². The van der Waals surface area contributed by atoms with Gasteiger partial charge in [-0.2, -0.15) is 0 Å². The van der Waals surface area contributed by atoms with Gasteiger partial charge in [0.2, 0.25) is 5.91 Å². The lowest BCUT2D eigenvalue weighted by Gasteiger charge is -2.14. The summed E-state index contributed by atoms with van der Waals surface area (Å²) < 4.78 is 13.4. The molecule has 0 unspecified atom stereocenters. The highest BCUT2D eigenvalue weighted by molar-refractivity contribution is 14.0. The Hall–Kier alpha value is -2.16. The molecule has 0 aliphatic heterocycles. The molecule has 162 valence electrons. The molecule has 2 aromatic carbocycles. The first-order valence-electron chi connectivity index (χ1n) is 10.1. The number of guanidine groups is 1. The number of hydrogen-bond acceptors (Lipinski definition) is 2. The van der Waals surface area contributed by atoms with Crippen LogP contribution in [0.25, 0.3) is 0 Å². The maximum Gasteiger partial charge on any atom is 0.227 e. The predicted molar refractivity (Wildman–Crippen MR) is 131 cm³/mol. The smallest absolute Gasteiger partial charge is 0.227 e. The van der Waals surface area contributed by atoms with Crippen LogP contribution in [0.1, 0.15) is 42.4 Å². The number of carbonyl (C=O) groups is 1. The van der Waals surface area contributed by atoms with Gasteiger partial charge in [0.25, 0.3) is 0 Å². The molecule has 2 aromatic rings. The number of hydrogen-bond donors (Lipinski definition) is 3. The van der Waals surface area contributed by atoms with E-state index in [1.54, 1.807) is 20.0 Å². The van der Waals surface area contributed by atoms with Crippen molar-refractivity contribution >= 4 is 41.5 Å². The molecule has 1 fully saturated rings. The third kappa shape index (κ3) is 6.97. The average Bonchev–Trinajstić information content (AvgIpc) is 3.26. The Morgan fingerprint density at radius 1 is 1.07 bits per heavy atom. The lowest BCUT2D eigenvalue weighted by atomic mass is 10.1. The molecule has 3 N–H and O–H groups in total. The molecule has 0 saturated heterocycles. The minimum atomic E-state index is -0.198. The molecule has 0 atom stereocenters. The summed E-state index contributed by atoms with van der Waals surface area (Å²) in [5, 5.41) is 9.54. The highest BCUT2D eigenvalue weighted by Gasteiger charge is 2.22. The first-order valence-corrected chi connectivity index (χ1v) is 10.1. The molecule has 0 spiro atoms. The first kappa shape index (κ1) is 24.1. The summed E-state index contributed by atoms with van der Waals surface area (Å²) in [5.41, 5.74) is 3.49. The van der Waals surface area contributed by atoms with Crippen LogP contribution in [0.3, 0.4) is 0 Å². The molecule has 0 radical (unpaired) electrons. The fraction of sp³-hybridized carbons (Fsp3) is 0.391. The highest BCUT2D eigenvalue weighted by atomic mass is 127. The molecule has 7 heteroatoms. The van der Waals surface area contributed by atoms with Gasteiger partial charge in [0.05, 0.1) is 0 Å². The molecule has 3 rings (SSSR count). The number of benzene rings is 2. The minimum Gasteiger partial charge on any atom is -0.352 e. The van der Waals surface area contributed by atoms with E-state index >= 15 is 0 Å². The van der Waals surface area contributed by atoms with Crippen LogP contribution in [-0.2, 0) is 17.9 Å². The first-order chi connectivity index (χ1) is 14.0. The van der Waals surface area contributed by atoms with Crippen LogP contribution in [-0.4, -0.2) is 18.9 Å². The van der Waals surface area contributed by atoms with Gasteiger partial charge in [-0.05, 0) is 54.7 Å². The molecule has 1 aliphatic rings. The summed E-state index contributed by atoms with van der Waals surface area (Å²) in [7, 11) is 1.71. The Labute approximate surface area is 195 Å². The van der Waals surface area contributed by atoms with Gasteiger partial charge in [0, 0.05) is 31.7 Å². The van der Waals surface area contributed by atoms with Crippen LogP contribution in [0.15, 0.2) is 47.5 Å². The van der Waals surface area contributed by atoms with Crippen molar-refractivity contribution in [2.75, 3.05) is 12.4 Å². The quantitative estimate of drug-likeness (QED) is 0.291. The molecule has 1 amide bonds. The fourth-order valence-corrected chi connectivity index (χ4v) is 3.60. The standard InChI is InChI=1S/C23H29FN4O.HI/c1-16-12-18(10-11-21(16)24)15-27-23(25-2)26-14-17-6-5-9-20(13-17)28-22(29)19-7-3-4-8-19;/h5-6,9-13,19H,3-4,7-8,14-15H2,1-2H3,(H,28,29)(H2,25,26,27);1H. The Morgan fingerprint density at radius 3 is 2.37 bits per heavy atom. The van der Waals surface area contributed by atoms with Gasteiger partial charge in [-0.15, -0.1) is 24.0 Å². The van der Waals surface area contributed by atoms with Gasteiger partial charge >= 0.3 is 0 Å². The van der Waals surface area contributed by atoms with Crippen LogP contribution in [0, 0.1) is 18.7 Å². The Kier molecular flexibility index (Phi) is 9.55. The summed E-state index contributed by atoms with van der Waals surface area (Å²) >= 11 is 0. The van der Waals surface area contributed by atoms with E-state index in [1.807, 2.05) is 30.3 Å². The Morgan fingerprint density at radius 2 is 1.73 bits per heavy atom. The van der Waals surface area contributed by atoms with Gasteiger partial charge < -0.3 is 16.0 Å². The largest absolute Gasteiger partial charge is 0.352 e. The van der Waals surface area contributed by atoms with Crippen LogP contribution in [0.2, 0.25) is 0 Å². The zero-order valence-corrected chi connectivity index (χ0v) is 19.8. The van der Waals surface area contributed by atoms with E-state index in [1.165, 1.54) is 6.07 Å². The van der Waals surface area contributed by atoms with Crippen molar-refractivity contribution in [3.8, 4) is 0 Å². The van der Waals surface area contributed by atoms with Crippen molar-refractivity contribution in [1.29, 1.82) is 0 Å². The molecule has 1 aliphatic carbocycles. The monoisotopic (exact) mass is 524 g/mol. The minimum absolute atomic E-state index is 0. The summed E-state index contributed by atoms with van der Waals surface area (Å²) in [6.45, 7) is 2.89. The second kappa shape index (κ2) is 11.9. The van der Waals surface area contributed by atoms with Gasteiger partial charge in [0.1, 0.15) is 5.82 Å². The third-order valence-electron chi connectivity index (χ3n) is 5.29. The zero-order valence-electron chi connectivity index (χ0n) is 17.5. The molecule has 0 aromatic heterocycles. The number of anilines is 1. The van der Waals surface area contributed by atoms with Crippen molar-refractivity contribution < 1.29 is 9.18 Å². The molecule has 0 bridgehead atoms. The van der Waals surface area contributed by atoms with Crippen LogP contribution < -0.4 is 16.0 Å². The summed E-state index contributed by atoms with van der Waals surface area (Å²) in [6.07, 6.45) is 4.27. The summed E-state index contributed by atoms with van der Waals surface area (Å²) in [6, 6.07) is 12.9. The van der Waals surface area contributed by atoms with E-state index in [2.05, 4.69) is 20.9 Å². The number of nitrogens with one attached hydrogen (secondary N) is 3. The lowest BCUT2D eigenvalue weighted by Crippen LogP contribution is -2.36. The summed E-state index contributed by atoms with van der Waals surface area (Å²) in [4.78, 5) is 16.6. The fourth-order valence-electron chi connectivity index (χ4n) is 3.60. The van der Waals surface area contributed by atoms with Crippen molar-refractivity contribution in [3.63, 3.8) is 0 Å². The van der Waals surface area contributed by atoms with Crippen molar-refractivity contribution in [3.05, 3.63) is 65.0 Å². The second-order valence-corrected chi connectivity index (χ2v) is 7.53. The van der Waals surface area contributed by atoms with Gasteiger partial charge in [-0.25, -0.2) is 4.39 Å². The highest BCUT2D eigenvalue weighted by Crippen LogP contribution is 2.26. The van der Waals surface area contributed by atoms with E-state index in [0.29, 0.717) is 24.6 Å². The van der Waals surface area contributed by atoms with E-state index in [0.717, 1.165) is 42.5 Å². The van der Waals surface area contributed by atoms with E-state index < -0.39 is 0 Å². The van der Waals surface area contributed by atoms with E-state index in [-0.39, 0.29) is 41.6 Å². The normalized spacial score (nSPS) is 14.2. The van der Waals surface area contributed by atoms with Gasteiger partial charge in [-0.3, -0.25) is 9.79 Å². The number of carbonyl (C=O) groups excluding carboxylic acids is 1. The SMILES string of the molecule is CN=C(NCc1cccc(NC(=O)C2CCCC2)c1)NCc1ccc(F)c(C)c1.I. The molecule has 1 saturated carbocycles. The van der Waals surface area contributed by atoms with E-state index in [9.17, 15) is 9.18 Å². The second-order valence-electron chi connectivity index (χ2n) is 7.53. The number of amides is 1. The molecule has 30 heavy (non-hydrogen) atoms. The molecular formula is C23H30FIN4O. The van der Waals surface area contributed by atoms with Crippen LogP contribution in [0.5, 0.6) is 0 Å². The van der Waals surface area contributed by atoms with Crippen molar-refractivity contribution in [2.24, 2.45) is 10.9 Å². The molecule has 0 heterocycles. The lowest BCUT2D eigenvalue weighted by molar-refractivity contribution is -0.119. The molecule has 5 nitrogen and oxygen atoms in total.